The zero-order chi connectivity index (χ0) is 37.8. The van der Waals surface area contributed by atoms with Crippen molar-refractivity contribution in [1.29, 1.82) is 0 Å². The number of carbonyl (C=O) groups excluding carboxylic acids is 5. The van der Waals surface area contributed by atoms with Crippen molar-refractivity contribution in [2.24, 2.45) is 17.8 Å². The van der Waals surface area contributed by atoms with Gasteiger partial charge in [-0.15, -0.1) is 11.6 Å². The SMILES string of the molecule is C=CCC[C@H]1[C@@H](CCC)[C@H]1COC(=O)N[C@@H](CC(=O)ON1C(=O)CCC1=O)C(=O)NCCOCCOCCOCCOCCOCCOCCOC. The van der Waals surface area contributed by atoms with Crippen LogP contribution in [0.2, 0.25) is 0 Å². The van der Waals surface area contributed by atoms with Crippen LogP contribution in [0.5, 0.6) is 0 Å². The Morgan fingerprint density at radius 2 is 1.27 bits per heavy atom. The van der Waals surface area contributed by atoms with E-state index >= 15 is 0 Å². The molecule has 0 bridgehead atoms. The number of amides is 4. The Morgan fingerprint density at radius 3 is 1.77 bits per heavy atom. The van der Waals surface area contributed by atoms with Gasteiger partial charge in [-0.3, -0.25) is 14.4 Å². The number of imide groups is 1. The Labute approximate surface area is 306 Å². The molecule has 17 nitrogen and oxygen atoms in total. The van der Waals surface area contributed by atoms with Crippen LogP contribution in [0.4, 0.5) is 4.79 Å². The third kappa shape index (κ3) is 19.6. The molecule has 2 N–H and O–H groups in total. The van der Waals surface area contributed by atoms with E-state index in [1.807, 2.05) is 6.08 Å². The zero-order valence-corrected chi connectivity index (χ0v) is 30.8. The van der Waals surface area contributed by atoms with Gasteiger partial charge >= 0.3 is 12.1 Å². The predicted molar refractivity (Wildman–Crippen MR) is 185 cm³/mol. The number of hydrogen-bond acceptors (Lipinski definition) is 14. The van der Waals surface area contributed by atoms with Crippen molar-refractivity contribution in [2.45, 2.75) is 57.9 Å². The zero-order valence-electron chi connectivity index (χ0n) is 30.8. The predicted octanol–water partition coefficient (Wildman–Crippen LogP) is 1.57. The van der Waals surface area contributed by atoms with Crippen LogP contribution < -0.4 is 10.6 Å². The van der Waals surface area contributed by atoms with Crippen molar-refractivity contribution in [3.05, 3.63) is 12.7 Å². The maximum absolute atomic E-state index is 13.0. The third-order valence-corrected chi connectivity index (χ3v) is 8.26. The lowest BCUT2D eigenvalue weighted by molar-refractivity contribution is -0.197. The van der Waals surface area contributed by atoms with Crippen LogP contribution in [0.25, 0.3) is 0 Å². The molecule has 1 saturated carbocycles. The van der Waals surface area contributed by atoms with Crippen LogP contribution in [-0.4, -0.2) is 147 Å². The van der Waals surface area contributed by atoms with E-state index < -0.39 is 42.2 Å². The molecule has 1 heterocycles. The van der Waals surface area contributed by atoms with Gasteiger partial charge in [0.15, 0.2) is 0 Å². The van der Waals surface area contributed by atoms with Gasteiger partial charge in [0.05, 0.1) is 98.9 Å². The number of methoxy groups -OCH3 is 1. The Hall–Kier alpha value is -3.19. The molecule has 0 unspecified atom stereocenters. The molecule has 0 aromatic heterocycles. The first-order valence-corrected chi connectivity index (χ1v) is 18.2. The summed E-state index contributed by atoms with van der Waals surface area (Å²) in [6.07, 6.45) is 4.14. The van der Waals surface area contributed by atoms with Gasteiger partial charge in [-0.1, -0.05) is 25.8 Å². The molecule has 0 spiro atoms. The van der Waals surface area contributed by atoms with Crippen LogP contribution in [0.3, 0.4) is 0 Å². The number of rotatable bonds is 33. The highest BCUT2D eigenvalue weighted by Crippen LogP contribution is 2.52. The van der Waals surface area contributed by atoms with Crippen molar-refractivity contribution < 1.29 is 66.7 Å². The lowest BCUT2D eigenvalue weighted by atomic mass is 10.1. The molecule has 1 aliphatic heterocycles. The standard InChI is InChI=1S/C35H59N3O14/c1-4-6-8-28-27(7-5-2)29(28)26-51-35(43)37-30(25-33(41)52-38-31(39)9-10-32(38)40)34(42)36-11-12-45-15-16-47-19-20-49-23-24-50-22-21-48-18-17-46-14-13-44-3/h4,27-30H,1,5-26H2,2-3H3,(H,36,42)(H,37,43)/t27-,28+,29-,30+/m1/s1. The van der Waals surface area contributed by atoms with E-state index in [0.29, 0.717) is 89.6 Å². The van der Waals surface area contributed by atoms with Gasteiger partial charge in [-0.05, 0) is 30.6 Å². The monoisotopic (exact) mass is 745 g/mol. The second-order valence-electron chi connectivity index (χ2n) is 12.1. The van der Waals surface area contributed by atoms with E-state index in [1.54, 1.807) is 7.11 Å². The summed E-state index contributed by atoms with van der Waals surface area (Å²) >= 11 is 0. The molecule has 1 aliphatic carbocycles. The van der Waals surface area contributed by atoms with Crippen molar-refractivity contribution in [1.82, 2.24) is 15.7 Å². The molecule has 17 heteroatoms. The molecule has 0 aromatic carbocycles. The van der Waals surface area contributed by atoms with E-state index in [1.165, 1.54) is 0 Å². The molecule has 4 amide bonds. The highest BCUT2D eigenvalue weighted by Gasteiger charge is 2.48. The quantitative estimate of drug-likeness (QED) is 0.0558. The second kappa shape index (κ2) is 28.3. The summed E-state index contributed by atoms with van der Waals surface area (Å²) in [4.78, 5) is 66.9. The van der Waals surface area contributed by atoms with Gasteiger partial charge in [-0.2, -0.15) is 0 Å². The first kappa shape index (κ1) is 45.0. The number of nitrogens with one attached hydrogen (secondary N) is 2. The molecule has 298 valence electrons. The summed E-state index contributed by atoms with van der Waals surface area (Å²) in [5.41, 5.74) is 0. The summed E-state index contributed by atoms with van der Waals surface area (Å²) in [5.74, 6) is -1.91. The average Bonchev–Trinajstić information content (AvgIpc) is 3.70. The largest absolute Gasteiger partial charge is 0.449 e. The Bertz CT molecular complexity index is 1050. The number of allylic oxidation sites excluding steroid dienone is 1. The summed E-state index contributed by atoms with van der Waals surface area (Å²) < 4.78 is 42.9. The van der Waals surface area contributed by atoms with Crippen molar-refractivity contribution in [3.63, 3.8) is 0 Å². The third-order valence-electron chi connectivity index (χ3n) is 8.26. The van der Waals surface area contributed by atoms with Gasteiger partial charge in [-0.25, -0.2) is 9.59 Å². The van der Waals surface area contributed by atoms with Gasteiger partial charge in [0.25, 0.3) is 11.8 Å². The fourth-order valence-electron chi connectivity index (χ4n) is 5.51. The van der Waals surface area contributed by atoms with E-state index in [9.17, 15) is 24.0 Å². The first-order valence-electron chi connectivity index (χ1n) is 18.2. The molecule has 2 rings (SSSR count). The summed E-state index contributed by atoms with van der Waals surface area (Å²) in [6.45, 7) is 11.6. The first-order chi connectivity index (χ1) is 25.3. The molecule has 2 aliphatic rings. The minimum absolute atomic E-state index is 0.0756. The van der Waals surface area contributed by atoms with Crippen LogP contribution in [0.1, 0.15) is 51.9 Å². The molecule has 1 saturated heterocycles. The Kier molecular flexibility index (Phi) is 24.5. The number of carbonyl (C=O) groups is 5. The van der Waals surface area contributed by atoms with Gasteiger partial charge in [0.2, 0.25) is 5.91 Å². The van der Waals surface area contributed by atoms with Gasteiger partial charge in [0.1, 0.15) is 6.04 Å². The van der Waals surface area contributed by atoms with Crippen LogP contribution in [0, 0.1) is 17.8 Å². The van der Waals surface area contributed by atoms with E-state index in [4.69, 9.17) is 42.7 Å². The fourth-order valence-corrected chi connectivity index (χ4v) is 5.51. The van der Waals surface area contributed by atoms with Crippen LogP contribution >= 0.6 is 0 Å². The lowest BCUT2D eigenvalue weighted by Crippen LogP contribution is -2.49. The number of nitrogens with zero attached hydrogens (tertiary/aromatic N) is 1. The topological polar surface area (TPSA) is 196 Å². The van der Waals surface area contributed by atoms with E-state index in [-0.39, 0.29) is 45.1 Å². The maximum Gasteiger partial charge on any atom is 0.407 e. The van der Waals surface area contributed by atoms with Crippen molar-refractivity contribution in [2.75, 3.05) is 106 Å². The molecule has 0 radical (unpaired) electrons. The van der Waals surface area contributed by atoms with E-state index in [2.05, 4.69) is 24.1 Å². The number of ether oxygens (including phenoxy) is 8. The second-order valence-corrected chi connectivity index (χ2v) is 12.1. The highest BCUT2D eigenvalue weighted by atomic mass is 16.7. The Morgan fingerprint density at radius 1 is 0.769 bits per heavy atom. The molecule has 0 aromatic rings. The van der Waals surface area contributed by atoms with Crippen molar-refractivity contribution in [3.8, 4) is 0 Å². The molecule has 2 fully saturated rings. The lowest BCUT2D eigenvalue weighted by Gasteiger charge is -2.19. The maximum atomic E-state index is 13.0. The number of hydrogen-bond donors (Lipinski definition) is 2. The van der Waals surface area contributed by atoms with Crippen molar-refractivity contribution >= 4 is 29.8 Å². The number of hydroxylamine groups is 2. The van der Waals surface area contributed by atoms with Crippen LogP contribution in [-0.2, 0) is 61.9 Å². The van der Waals surface area contributed by atoms with E-state index in [0.717, 1.165) is 25.7 Å². The average molecular weight is 746 g/mol. The summed E-state index contributed by atoms with van der Waals surface area (Å²) in [6, 6.07) is -1.38. The molecule has 52 heavy (non-hydrogen) atoms. The minimum atomic E-state index is -1.38. The minimum Gasteiger partial charge on any atom is -0.449 e. The normalized spacial score (nSPS) is 18.7. The molecule has 4 atom stereocenters. The van der Waals surface area contributed by atoms with Gasteiger partial charge in [0, 0.05) is 26.5 Å². The van der Waals surface area contributed by atoms with Gasteiger partial charge < -0.3 is 53.4 Å². The summed E-state index contributed by atoms with van der Waals surface area (Å²) in [7, 11) is 1.62. The summed E-state index contributed by atoms with van der Waals surface area (Å²) in [5, 5.41) is 5.42. The Balaban J connectivity index is 1.59. The number of alkyl carbamates (subject to hydrolysis) is 1. The molecular weight excluding hydrogens is 686 g/mol. The highest BCUT2D eigenvalue weighted by molar-refractivity contribution is 6.01. The van der Waals surface area contributed by atoms with Crippen LogP contribution in [0.15, 0.2) is 12.7 Å². The fraction of sp³-hybridized carbons (Fsp3) is 0.800. The smallest absolute Gasteiger partial charge is 0.407 e. The molecular formula is C35H59N3O14.